The predicted octanol–water partition coefficient (Wildman–Crippen LogP) is 2.85. The lowest BCUT2D eigenvalue weighted by Gasteiger charge is -2.57. The third-order valence-corrected chi connectivity index (χ3v) is 7.03. The van der Waals surface area contributed by atoms with Crippen LogP contribution in [0.15, 0.2) is 35.9 Å². The number of amides is 1. The maximum absolute atomic E-state index is 13.1. The zero-order chi connectivity index (χ0) is 17.4. The van der Waals surface area contributed by atoms with Gasteiger partial charge in [-0.3, -0.25) is 14.6 Å². The normalized spacial score (nSPS) is 37.2. The van der Waals surface area contributed by atoms with Gasteiger partial charge in [-0.2, -0.15) is 0 Å². The van der Waals surface area contributed by atoms with Crippen LogP contribution in [0.4, 0.5) is 10.5 Å². The van der Waals surface area contributed by atoms with Crippen LogP contribution in [0.1, 0.15) is 31.7 Å². The highest BCUT2D eigenvalue weighted by molar-refractivity contribution is 5.98. The number of allylic oxidation sites excluding steroid dienone is 1. The summed E-state index contributed by atoms with van der Waals surface area (Å²) in [6.07, 6.45) is 3.86. The summed E-state index contributed by atoms with van der Waals surface area (Å²) in [5.74, 6) is 0.251. The lowest BCUT2D eigenvalue weighted by atomic mass is 9.58. The van der Waals surface area contributed by atoms with E-state index in [1.54, 1.807) is 0 Å². The molecular formula is C20H22N2O3. The summed E-state index contributed by atoms with van der Waals surface area (Å²) < 4.78 is 5.19. The van der Waals surface area contributed by atoms with Gasteiger partial charge in [0.15, 0.2) is 0 Å². The molecule has 1 spiro atoms. The highest BCUT2D eigenvalue weighted by Crippen LogP contribution is 2.66. The lowest BCUT2D eigenvalue weighted by molar-refractivity contribution is -0.131. The van der Waals surface area contributed by atoms with Gasteiger partial charge < -0.3 is 4.74 Å². The molecule has 4 aliphatic rings. The first-order chi connectivity index (χ1) is 12.1. The molecule has 5 heteroatoms. The first-order valence-corrected chi connectivity index (χ1v) is 8.99. The minimum absolute atomic E-state index is 0.0751. The van der Waals surface area contributed by atoms with E-state index in [2.05, 4.69) is 17.0 Å². The third-order valence-electron chi connectivity index (χ3n) is 7.03. The average Bonchev–Trinajstić information content (AvgIpc) is 3.09. The number of ether oxygens (including phenoxy) is 1. The fourth-order valence-corrected chi connectivity index (χ4v) is 6.06. The average molecular weight is 338 g/mol. The maximum Gasteiger partial charge on any atom is 0.415 e. The molecule has 1 aromatic carbocycles. The van der Waals surface area contributed by atoms with Gasteiger partial charge in [-0.25, -0.2) is 4.79 Å². The minimum Gasteiger partial charge on any atom is -0.452 e. The Morgan fingerprint density at radius 2 is 2.16 bits per heavy atom. The summed E-state index contributed by atoms with van der Waals surface area (Å²) in [7, 11) is 1.44. The van der Waals surface area contributed by atoms with Crippen LogP contribution in [0.2, 0.25) is 0 Å². The summed E-state index contributed by atoms with van der Waals surface area (Å²) in [5, 5.41) is 0. The summed E-state index contributed by atoms with van der Waals surface area (Å²) in [6.45, 7) is 3.68. The van der Waals surface area contributed by atoms with Crippen molar-refractivity contribution >= 4 is 17.6 Å². The van der Waals surface area contributed by atoms with Crippen LogP contribution in [0, 0.1) is 5.92 Å². The van der Waals surface area contributed by atoms with Crippen LogP contribution < -0.4 is 4.90 Å². The third kappa shape index (κ3) is 1.50. The van der Waals surface area contributed by atoms with Crippen molar-refractivity contribution in [3.05, 3.63) is 41.5 Å². The Morgan fingerprint density at radius 3 is 2.92 bits per heavy atom. The van der Waals surface area contributed by atoms with Crippen molar-refractivity contribution in [3.8, 4) is 0 Å². The standard InChI is InChI=1S/C20H22N2O3/c1-3-13-12-21-9-8-19-11-17(23)14(13)10-20(19,21)22(18(24)25-2)16-7-5-4-6-15(16)19/h3-7,14H,8-12H2,1-2H3/b13-3-/t14?,19-,20-/m1/s1. The van der Waals surface area contributed by atoms with E-state index in [-0.39, 0.29) is 17.4 Å². The Bertz CT molecular complexity index is 832. The van der Waals surface area contributed by atoms with Gasteiger partial charge in [-0.15, -0.1) is 0 Å². The van der Waals surface area contributed by atoms with Crippen molar-refractivity contribution in [3.63, 3.8) is 0 Å². The first-order valence-electron chi connectivity index (χ1n) is 8.99. The number of para-hydroxylation sites is 1. The van der Waals surface area contributed by atoms with Gasteiger partial charge in [-0.05, 0) is 37.0 Å². The number of methoxy groups -OCH3 is 1. The lowest BCUT2D eigenvalue weighted by Crippen LogP contribution is -2.71. The highest BCUT2D eigenvalue weighted by Gasteiger charge is 2.74. The largest absolute Gasteiger partial charge is 0.452 e. The zero-order valence-electron chi connectivity index (χ0n) is 14.6. The second-order valence-corrected chi connectivity index (χ2v) is 7.66. The molecule has 25 heavy (non-hydrogen) atoms. The molecule has 0 N–H and O–H groups in total. The van der Waals surface area contributed by atoms with E-state index in [1.807, 2.05) is 30.0 Å². The Balaban J connectivity index is 1.80. The summed E-state index contributed by atoms with van der Waals surface area (Å²) in [4.78, 5) is 30.2. The number of rotatable bonds is 0. The van der Waals surface area contributed by atoms with E-state index in [1.165, 1.54) is 12.7 Å². The van der Waals surface area contributed by atoms with Crippen LogP contribution >= 0.6 is 0 Å². The van der Waals surface area contributed by atoms with Crippen molar-refractivity contribution < 1.29 is 14.3 Å². The number of ketones is 1. The van der Waals surface area contributed by atoms with E-state index >= 15 is 0 Å². The fraction of sp³-hybridized carbons (Fsp3) is 0.500. The molecule has 1 saturated carbocycles. The molecule has 1 aliphatic carbocycles. The van der Waals surface area contributed by atoms with E-state index in [0.29, 0.717) is 18.6 Å². The number of hydrogen-bond acceptors (Lipinski definition) is 4. The van der Waals surface area contributed by atoms with Crippen LogP contribution in [-0.4, -0.2) is 42.6 Å². The number of carbonyl (C=O) groups excluding carboxylic acids is 2. The van der Waals surface area contributed by atoms with Crippen LogP contribution in [0.5, 0.6) is 0 Å². The molecule has 2 bridgehead atoms. The van der Waals surface area contributed by atoms with Crippen molar-refractivity contribution in [2.45, 2.75) is 37.3 Å². The van der Waals surface area contributed by atoms with Gasteiger partial charge >= 0.3 is 6.09 Å². The van der Waals surface area contributed by atoms with E-state index in [4.69, 9.17) is 4.74 Å². The van der Waals surface area contributed by atoms with Crippen molar-refractivity contribution in [2.75, 3.05) is 25.1 Å². The smallest absolute Gasteiger partial charge is 0.415 e. The number of carbonyl (C=O) groups is 2. The number of anilines is 1. The molecule has 1 unspecified atom stereocenters. The van der Waals surface area contributed by atoms with Gasteiger partial charge in [0.25, 0.3) is 0 Å². The van der Waals surface area contributed by atoms with E-state index in [0.717, 1.165) is 30.8 Å². The molecule has 2 saturated heterocycles. The number of nitrogens with zero attached hydrogens (tertiary/aromatic N) is 2. The minimum atomic E-state index is -0.463. The summed E-state index contributed by atoms with van der Waals surface area (Å²) in [5.41, 5.74) is 2.49. The number of piperidine rings is 1. The van der Waals surface area contributed by atoms with Crippen LogP contribution in [0.3, 0.4) is 0 Å². The summed E-state index contributed by atoms with van der Waals surface area (Å²) >= 11 is 0. The topological polar surface area (TPSA) is 49.9 Å². The molecule has 0 radical (unpaired) electrons. The van der Waals surface area contributed by atoms with Crippen molar-refractivity contribution in [1.29, 1.82) is 0 Å². The molecule has 130 valence electrons. The fourth-order valence-electron chi connectivity index (χ4n) is 6.06. The molecule has 3 aliphatic heterocycles. The van der Waals surface area contributed by atoms with Gasteiger partial charge in [-0.1, -0.05) is 24.3 Å². The summed E-state index contributed by atoms with van der Waals surface area (Å²) in [6, 6.07) is 8.07. The molecule has 3 atom stereocenters. The van der Waals surface area contributed by atoms with E-state index < -0.39 is 5.66 Å². The SMILES string of the molecule is C/C=C1/CN2CC[C@]34CC(=O)C1C[C@]23N(C(=O)OC)c1ccccc14. The molecule has 0 aromatic heterocycles. The molecule has 3 fully saturated rings. The second kappa shape index (κ2) is 4.73. The number of benzene rings is 1. The zero-order valence-corrected chi connectivity index (χ0v) is 14.6. The monoisotopic (exact) mass is 338 g/mol. The number of Topliss-reactive ketones (excluding diaryl/α,β-unsaturated/α-hetero) is 1. The van der Waals surface area contributed by atoms with Crippen LogP contribution in [-0.2, 0) is 14.9 Å². The Hall–Kier alpha value is -2.14. The van der Waals surface area contributed by atoms with Gasteiger partial charge in [0.2, 0.25) is 0 Å². The quantitative estimate of drug-likeness (QED) is 0.683. The number of hydrogen-bond donors (Lipinski definition) is 0. The molecule has 1 amide bonds. The van der Waals surface area contributed by atoms with Crippen molar-refractivity contribution in [1.82, 2.24) is 4.90 Å². The molecule has 5 rings (SSSR count). The molecule has 3 heterocycles. The maximum atomic E-state index is 13.1. The van der Waals surface area contributed by atoms with E-state index in [9.17, 15) is 9.59 Å². The Morgan fingerprint density at radius 1 is 1.36 bits per heavy atom. The van der Waals surface area contributed by atoms with Crippen molar-refractivity contribution in [2.24, 2.45) is 5.92 Å². The Labute approximate surface area is 147 Å². The molecular weight excluding hydrogens is 316 g/mol. The Kier molecular flexibility index (Phi) is 2.86. The second-order valence-electron chi connectivity index (χ2n) is 7.66. The predicted molar refractivity (Wildman–Crippen MR) is 93.4 cm³/mol. The van der Waals surface area contributed by atoms with Gasteiger partial charge in [0.1, 0.15) is 11.4 Å². The van der Waals surface area contributed by atoms with Crippen LogP contribution in [0.25, 0.3) is 0 Å². The van der Waals surface area contributed by atoms with Gasteiger partial charge in [0, 0.05) is 30.8 Å². The van der Waals surface area contributed by atoms with Gasteiger partial charge in [0.05, 0.1) is 12.8 Å². The first kappa shape index (κ1) is 15.1. The highest BCUT2D eigenvalue weighted by atomic mass is 16.5. The molecule has 1 aromatic rings. The number of fused-ring (bicyclic) bond motifs is 2. The molecule has 5 nitrogen and oxygen atoms in total.